The van der Waals surface area contributed by atoms with Crippen molar-refractivity contribution in [2.45, 2.75) is 59.7 Å². The van der Waals surface area contributed by atoms with Gasteiger partial charge in [0.15, 0.2) is 5.78 Å². The Bertz CT molecular complexity index is 622. The zero-order chi connectivity index (χ0) is 18.4. The van der Waals surface area contributed by atoms with Crippen LogP contribution in [0, 0.1) is 17.3 Å². The maximum Gasteiger partial charge on any atom is 0.393 e. The van der Waals surface area contributed by atoms with Crippen LogP contribution in [0.3, 0.4) is 0 Å². The Labute approximate surface area is 139 Å². The number of esters is 1. The van der Waals surface area contributed by atoms with Gasteiger partial charge in [-0.15, -0.1) is 0 Å². The van der Waals surface area contributed by atoms with Gasteiger partial charge in [0.2, 0.25) is 0 Å². The summed E-state index contributed by atoms with van der Waals surface area (Å²) in [5.74, 6) is -1.28. The number of alkyl halides is 3. The Kier molecular flexibility index (Phi) is 4.72. The Morgan fingerprint density at radius 3 is 2.42 bits per heavy atom. The fourth-order valence-electron chi connectivity index (χ4n) is 3.44. The van der Waals surface area contributed by atoms with Crippen molar-refractivity contribution < 1.29 is 27.5 Å². The van der Waals surface area contributed by atoms with Crippen LogP contribution in [-0.4, -0.2) is 24.0 Å². The van der Waals surface area contributed by atoms with Crippen LogP contribution in [0.1, 0.15) is 47.5 Å². The summed E-state index contributed by atoms with van der Waals surface area (Å²) in [6.45, 7) is 9.25. The van der Waals surface area contributed by atoms with E-state index < -0.39 is 30.5 Å². The second-order valence-electron chi connectivity index (χ2n) is 7.58. The molecule has 1 saturated carbocycles. The minimum atomic E-state index is -4.45. The van der Waals surface area contributed by atoms with Gasteiger partial charge in [-0.05, 0) is 37.7 Å². The molecule has 6 heteroatoms. The predicted octanol–water partition coefficient (Wildman–Crippen LogP) is 4.38. The number of Topliss-reactive ketones (excluding diaryl/α,β-unsaturated/α-hetero) is 1. The molecule has 0 heterocycles. The van der Waals surface area contributed by atoms with E-state index >= 15 is 0 Å². The third-order valence-electron chi connectivity index (χ3n) is 4.98. The standard InChI is InChI=1S/C18H23F3O3/c1-9(2)6-12-15(17(12,4)5)16(23)24-14-7-13(22)11(10(14)3)8-18(19,20)21/h6,12,14-15H,7-8H2,1-5H3/t12?,14-,15+/m1/s1. The van der Waals surface area contributed by atoms with Crippen LogP contribution < -0.4 is 0 Å². The topological polar surface area (TPSA) is 43.4 Å². The fourth-order valence-corrected chi connectivity index (χ4v) is 3.44. The zero-order valence-electron chi connectivity index (χ0n) is 14.6. The van der Waals surface area contributed by atoms with Crippen molar-refractivity contribution in [1.29, 1.82) is 0 Å². The molecule has 0 N–H and O–H groups in total. The van der Waals surface area contributed by atoms with E-state index in [1.54, 1.807) is 0 Å². The van der Waals surface area contributed by atoms with E-state index in [0.717, 1.165) is 5.57 Å². The van der Waals surface area contributed by atoms with Gasteiger partial charge >= 0.3 is 12.1 Å². The summed E-state index contributed by atoms with van der Waals surface area (Å²) in [4.78, 5) is 24.2. The number of halogens is 3. The van der Waals surface area contributed by atoms with Crippen LogP contribution in [0.4, 0.5) is 13.2 Å². The molecule has 3 nitrogen and oxygen atoms in total. The van der Waals surface area contributed by atoms with Crippen LogP contribution in [-0.2, 0) is 14.3 Å². The second kappa shape index (κ2) is 6.05. The van der Waals surface area contributed by atoms with Crippen molar-refractivity contribution in [2.24, 2.45) is 17.3 Å². The molecule has 3 atom stereocenters. The van der Waals surface area contributed by atoms with E-state index in [0.29, 0.717) is 0 Å². The molecule has 1 unspecified atom stereocenters. The molecule has 0 amide bonds. The lowest BCUT2D eigenvalue weighted by atomic mass is 10.1. The SMILES string of the molecule is CC(C)=CC1[C@@H](C(=O)O[C@@H]2CC(=O)C(CC(F)(F)F)=C2C)C1(C)C. The minimum Gasteiger partial charge on any atom is -0.457 e. The van der Waals surface area contributed by atoms with Crippen molar-refractivity contribution in [2.75, 3.05) is 0 Å². The van der Waals surface area contributed by atoms with Gasteiger partial charge in [0.25, 0.3) is 0 Å². The Morgan fingerprint density at radius 2 is 1.92 bits per heavy atom. The summed E-state index contributed by atoms with van der Waals surface area (Å²) >= 11 is 0. The highest BCUT2D eigenvalue weighted by Crippen LogP contribution is 2.60. The summed E-state index contributed by atoms with van der Waals surface area (Å²) in [5.41, 5.74) is 0.825. The molecule has 2 aliphatic carbocycles. The molecule has 1 fully saturated rings. The third kappa shape index (κ3) is 3.73. The van der Waals surface area contributed by atoms with Crippen molar-refractivity contribution in [3.8, 4) is 0 Å². The summed E-state index contributed by atoms with van der Waals surface area (Å²) in [5, 5.41) is 0. The molecule has 0 aromatic carbocycles. The van der Waals surface area contributed by atoms with E-state index in [4.69, 9.17) is 4.74 Å². The molecule has 134 valence electrons. The van der Waals surface area contributed by atoms with E-state index in [1.807, 2.05) is 33.8 Å². The first-order valence-electron chi connectivity index (χ1n) is 7.99. The number of allylic oxidation sites excluding steroid dienone is 3. The van der Waals surface area contributed by atoms with E-state index in [2.05, 4.69) is 0 Å². The lowest BCUT2D eigenvalue weighted by molar-refractivity contribution is -0.150. The molecule has 0 bridgehead atoms. The number of carbonyl (C=O) groups is 2. The van der Waals surface area contributed by atoms with Gasteiger partial charge < -0.3 is 4.74 Å². The van der Waals surface area contributed by atoms with Crippen LogP contribution in [0.5, 0.6) is 0 Å². The number of hydrogen-bond acceptors (Lipinski definition) is 3. The van der Waals surface area contributed by atoms with E-state index in [-0.39, 0.29) is 34.8 Å². The van der Waals surface area contributed by atoms with Gasteiger partial charge in [0.1, 0.15) is 6.10 Å². The highest BCUT2D eigenvalue weighted by Gasteiger charge is 2.61. The molecule has 0 aromatic heterocycles. The Hall–Kier alpha value is -1.59. The second-order valence-corrected chi connectivity index (χ2v) is 7.58. The fraction of sp³-hybridized carbons (Fsp3) is 0.667. The van der Waals surface area contributed by atoms with Gasteiger partial charge in [-0.2, -0.15) is 13.2 Å². The smallest absolute Gasteiger partial charge is 0.393 e. The Morgan fingerprint density at radius 1 is 1.33 bits per heavy atom. The number of ether oxygens (including phenoxy) is 1. The summed E-state index contributed by atoms with van der Waals surface area (Å²) in [7, 11) is 0. The first-order chi connectivity index (χ1) is 10.8. The van der Waals surface area contributed by atoms with Gasteiger partial charge in [0.05, 0.1) is 18.8 Å². The Balaban J connectivity index is 2.08. The van der Waals surface area contributed by atoms with E-state index in [9.17, 15) is 22.8 Å². The predicted molar refractivity (Wildman–Crippen MR) is 83.1 cm³/mol. The molecule has 0 saturated heterocycles. The van der Waals surface area contributed by atoms with Crippen LogP contribution in [0.2, 0.25) is 0 Å². The first-order valence-corrected chi connectivity index (χ1v) is 7.99. The van der Waals surface area contributed by atoms with Crippen molar-refractivity contribution in [3.63, 3.8) is 0 Å². The number of carbonyl (C=O) groups excluding carboxylic acids is 2. The highest BCUT2D eigenvalue weighted by molar-refractivity contribution is 6.00. The molecular formula is C18H23F3O3. The average Bonchev–Trinajstić information content (AvgIpc) is 2.83. The van der Waals surface area contributed by atoms with Crippen LogP contribution >= 0.6 is 0 Å². The van der Waals surface area contributed by atoms with Gasteiger partial charge in [0, 0.05) is 5.57 Å². The molecule has 0 aliphatic heterocycles. The van der Waals surface area contributed by atoms with Crippen molar-refractivity contribution in [3.05, 3.63) is 22.8 Å². The lowest BCUT2D eigenvalue weighted by Gasteiger charge is -2.14. The van der Waals surface area contributed by atoms with Crippen LogP contribution in [0.15, 0.2) is 22.8 Å². The molecule has 2 rings (SSSR count). The van der Waals surface area contributed by atoms with Crippen LogP contribution in [0.25, 0.3) is 0 Å². The zero-order valence-corrected chi connectivity index (χ0v) is 14.6. The first kappa shape index (κ1) is 18.7. The van der Waals surface area contributed by atoms with Crippen molar-refractivity contribution >= 4 is 11.8 Å². The average molecular weight is 344 g/mol. The normalized spacial score (nSPS) is 28.8. The summed E-state index contributed by atoms with van der Waals surface area (Å²) < 4.78 is 43.1. The third-order valence-corrected chi connectivity index (χ3v) is 4.98. The molecule has 0 spiro atoms. The lowest BCUT2D eigenvalue weighted by Crippen LogP contribution is -2.20. The number of hydrogen-bond donors (Lipinski definition) is 0. The summed E-state index contributed by atoms with van der Waals surface area (Å²) in [6.07, 6.45) is -4.75. The van der Waals surface area contributed by atoms with E-state index in [1.165, 1.54) is 6.92 Å². The van der Waals surface area contributed by atoms with Crippen molar-refractivity contribution in [1.82, 2.24) is 0 Å². The van der Waals surface area contributed by atoms with Gasteiger partial charge in [-0.25, -0.2) is 0 Å². The number of rotatable bonds is 4. The maximum atomic E-state index is 12.6. The monoisotopic (exact) mass is 344 g/mol. The molecular weight excluding hydrogens is 321 g/mol. The molecule has 0 radical (unpaired) electrons. The molecule has 24 heavy (non-hydrogen) atoms. The molecule has 0 aromatic rings. The molecule has 2 aliphatic rings. The largest absolute Gasteiger partial charge is 0.457 e. The van der Waals surface area contributed by atoms with Gasteiger partial charge in [-0.1, -0.05) is 25.5 Å². The summed E-state index contributed by atoms with van der Waals surface area (Å²) in [6, 6.07) is 0. The minimum absolute atomic E-state index is 0.0611. The number of ketones is 1. The maximum absolute atomic E-state index is 12.6. The highest BCUT2D eigenvalue weighted by atomic mass is 19.4. The quantitative estimate of drug-likeness (QED) is 0.561. The van der Waals surface area contributed by atoms with Gasteiger partial charge in [-0.3, -0.25) is 9.59 Å².